The summed E-state index contributed by atoms with van der Waals surface area (Å²) in [5, 5.41) is 0. The maximum absolute atomic E-state index is 6.84. The van der Waals surface area contributed by atoms with Crippen molar-refractivity contribution in [3.8, 4) is 0 Å². The van der Waals surface area contributed by atoms with Gasteiger partial charge in [0, 0.05) is 8.41 Å². The van der Waals surface area contributed by atoms with Crippen LogP contribution in [0.4, 0.5) is 0 Å². The van der Waals surface area contributed by atoms with Crippen LogP contribution in [-0.4, -0.2) is 96.9 Å². The second-order valence-corrected chi connectivity index (χ2v) is 40.1. The van der Waals surface area contributed by atoms with Gasteiger partial charge in [-0.3, -0.25) is 0 Å². The minimum absolute atomic E-state index is 0. The smallest absolute Gasteiger partial charge is 0.311 e. The van der Waals surface area contributed by atoms with E-state index in [0.29, 0.717) is 36.6 Å². The monoisotopic (exact) mass is 799 g/mol. The Morgan fingerprint density at radius 2 is 0.940 bits per heavy atom. The fraction of sp³-hybridized carbons (Fsp3) is 0.944. The zero-order chi connectivity index (χ0) is 36.2. The Kier molecular flexibility index (Phi) is 17.3. The molecule has 3 saturated carbocycles. The summed E-state index contributed by atoms with van der Waals surface area (Å²) >= 11 is 0. The standard InChI is InChI=1S/C22H44O4Si3.C8H12O.C6H20O2Si3.B/c1-27(2,13-11-17-7-9-19-21(15-17)23-19)25-29(5,6)26-28(3,4)14-12-18-8-10-20-22(16-18)24-20;1-2-6-3-4-7-8(5-6)9-7;1-9(2)7-11(5,6)8-10(3)4;/h17-22H,7-16H2,1-6H3;2,6-8H,1,3-5H2;9-10H,1-6H3;. The van der Waals surface area contributed by atoms with E-state index >= 15 is 0 Å². The molecular formula is C36H76BO7Si6. The molecule has 9 atom stereocenters. The third kappa shape index (κ3) is 16.7. The van der Waals surface area contributed by atoms with E-state index in [1.54, 1.807) is 0 Å². The first-order valence-corrected chi connectivity index (χ1v) is 37.5. The summed E-state index contributed by atoms with van der Waals surface area (Å²) in [6, 6.07) is 2.53. The molecule has 0 N–H and O–H groups in total. The van der Waals surface area contributed by atoms with Crippen LogP contribution >= 0.6 is 0 Å². The van der Waals surface area contributed by atoms with E-state index in [1.807, 2.05) is 0 Å². The molecule has 0 aromatic carbocycles. The fourth-order valence-corrected chi connectivity index (χ4v) is 32.9. The molecule has 7 nitrogen and oxygen atoms in total. The minimum atomic E-state index is -2.08. The first kappa shape index (κ1) is 45.2. The molecule has 3 radical (unpaired) electrons. The van der Waals surface area contributed by atoms with Gasteiger partial charge in [0.1, 0.15) is 0 Å². The van der Waals surface area contributed by atoms with Gasteiger partial charge in [0.2, 0.25) is 0 Å². The number of fused-ring (bicyclic) bond motifs is 3. The molecule has 3 heterocycles. The first-order valence-electron chi connectivity index (χ1n) is 20.1. The first-order chi connectivity index (χ1) is 22.7. The van der Waals surface area contributed by atoms with Crippen LogP contribution in [0.1, 0.15) is 70.6 Å². The van der Waals surface area contributed by atoms with E-state index in [1.165, 1.54) is 82.7 Å². The van der Waals surface area contributed by atoms with Gasteiger partial charge in [-0.1, -0.05) is 18.9 Å². The van der Waals surface area contributed by atoms with Crippen LogP contribution in [-0.2, 0) is 30.7 Å². The molecule has 3 aliphatic carbocycles. The van der Waals surface area contributed by atoms with Gasteiger partial charge in [0.05, 0.1) is 36.6 Å². The Bertz CT molecular complexity index is 990. The van der Waals surface area contributed by atoms with Crippen LogP contribution in [0.5, 0.6) is 0 Å². The summed E-state index contributed by atoms with van der Waals surface area (Å²) in [4.78, 5) is 0. The molecule has 0 spiro atoms. The number of hydrogen-bond acceptors (Lipinski definition) is 7. The molecule has 9 unspecified atom stereocenters. The lowest BCUT2D eigenvalue weighted by Gasteiger charge is -2.39. The number of epoxide rings is 3. The van der Waals surface area contributed by atoms with Crippen LogP contribution < -0.4 is 0 Å². The van der Waals surface area contributed by atoms with Gasteiger partial charge >= 0.3 is 17.1 Å². The van der Waals surface area contributed by atoms with Crippen LogP contribution in [0.3, 0.4) is 0 Å². The predicted octanol–water partition coefficient (Wildman–Crippen LogP) is 9.09. The molecule has 14 heteroatoms. The molecule has 0 aromatic heterocycles. The second kappa shape index (κ2) is 19.1. The highest BCUT2D eigenvalue weighted by Crippen LogP contribution is 2.43. The molecule has 3 saturated heterocycles. The van der Waals surface area contributed by atoms with Gasteiger partial charge in [0.15, 0.2) is 34.7 Å². The Labute approximate surface area is 317 Å². The van der Waals surface area contributed by atoms with E-state index in [-0.39, 0.29) is 8.41 Å². The normalized spacial score (nSPS) is 33.0. The van der Waals surface area contributed by atoms with E-state index < -0.39 is 51.8 Å². The maximum atomic E-state index is 6.84. The third-order valence-corrected chi connectivity index (χ3v) is 30.6. The van der Waals surface area contributed by atoms with Crippen molar-refractivity contribution in [3.05, 3.63) is 12.7 Å². The number of hydrogen-bond donors (Lipinski definition) is 0. The van der Waals surface area contributed by atoms with E-state index in [4.69, 9.17) is 30.7 Å². The highest BCUT2D eigenvalue weighted by atomic mass is 28.5. The summed E-state index contributed by atoms with van der Waals surface area (Å²) in [6.45, 7) is 31.1. The zero-order valence-electron chi connectivity index (χ0n) is 34.3. The molecule has 289 valence electrons. The van der Waals surface area contributed by atoms with Crippen molar-refractivity contribution in [1.29, 1.82) is 0 Å². The van der Waals surface area contributed by atoms with Gasteiger partial charge in [0.25, 0.3) is 0 Å². The number of rotatable bonds is 15. The van der Waals surface area contributed by atoms with E-state index in [9.17, 15) is 0 Å². The summed E-state index contributed by atoms with van der Waals surface area (Å²) in [5.41, 5.74) is 0. The minimum Gasteiger partial charge on any atom is -0.440 e. The molecule has 6 fully saturated rings. The predicted molar refractivity (Wildman–Crippen MR) is 225 cm³/mol. The molecule has 3 aliphatic heterocycles. The van der Waals surface area contributed by atoms with Gasteiger partial charge in [-0.25, -0.2) is 0 Å². The molecule has 0 aromatic rings. The summed E-state index contributed by atoms with van der Waals surface area (Å²) in [6.07, 6.45) is 20.1. The molecular weight excluding hydrogens is 724 g/mol. The van der Waals surface area contributed by atoms with Crippen molar-refractivity contribution in [2.75, 3.05) is 0 Å². The summed E-state index contributed by atoms with van der Waals surface area (Å²) in [7, 11) is -8.96. The highest BCUT2D eigenvalue weighted by molar-refractivity contribution is 6.87. The number of ether oxygens (including phenoxy) is 3. The van der Waals surface area contributed by atoms with Gasteiger partial charge < -0.3 is 30.7 Å². The number of allylic oxidation sites excluding steroid dienone is 1. The summed E-state index contributed by atoms with van der Waals surface area (Å²) in [5.74, 6) is 2.46. The second-order valence-electron chi connectivity index (χ2n) is 18.7. The van der Waals surface area contributed by atoms with E-state index in [0.717, 1.165) is 17.8 Å². The Morgan fingerprint density at radius 3 is 1.28 bits per heavy atom. The average Bonchev–Trinajstić information content (AvgIpc) is 3.86. The van der Waals surface area contributed by atoms with Crippen molar-refractivity contribution in [2.45, 2.75) is 198 Å². The maximum Gasteiger partial charge on any atom is 0.311 e. The fourth-order valence-electron chi connectivity index (χ4n) is 8.87. The summed E-state index contributed by atoms with van der Waals surface area (Å²) < 4.78 is 42.2. The Balaban J connectivity index is 0.000000263. The van der Waals surface area contributed by atoms with E-state index in [2.05, 4.69) is 91.2 Å². The SMILES string of the molecule is C=CC1CCC2OC2C1.C[SiH](C)O[Si](C)(C)O[SiH](C)C.C[Si](C)(CCC1CCC2OC2C1)O[Si](C)(C)O[Si](C)(C)CCC1CCC2OC2C1.[B]. The quantitative estimate of drug-likeness (QED) is 0.0930. The van der Waals surface area contributed by atoms with Gasteiger partial charge in [-0.05, 0) is 166 Å². The van der Waals surface area contributed by atoms with Crippen LogP contribution in [0.2, 0.25) is 90.7 Å². The van der Waals surface area contributed by atoms with Gasteiger partial charge in [-0.15, -0.1) is 6.58 Å². The average molecular weight is 800 g/mol. The van der Waals surface area contributed by atoms with Crippen molar-refractivity contribution >= 4 is 60.3 Å². The van der Waals surface area contributed by atoms with Gasteiger partial charge in [-0.2, -0.15) is 0 Å². The topological polar surface area (TPSA) is 74.5 Å². The van der Waals surface area contributed by atoms with Crippen LogP contribution in [0.15, 0.2) is 12.7 Å². The Morgan fingerprint density at radius 1 is 0.560 bits per heavy atom. The van der Waals surface area contributed by atoms with Crippen molar-refractivity contribution in [3.63, 3.8) is 0 Å². The molecule has 0 bridgehead atoms. The molecule has 0 amide bonds. The lowest BCUT2D eigenvalue weighted by atomic mass is 9.88. The van der Waals surface area contributed by atoms with Crippen LogP contribution in [0.25, 0.3) is 0 Å². The van der Waals surface area contributed by atoms with Crippen LogP contribution in [0, 0.1) is 17.8 Å². The van der Waals surface area contributed by atoms with Crippen molar-refractivity contribution in [2.24, 2.45) is 17.8 Å². The van der Waals surface area contributed by atoms with Crippen molar-refractivity contribution < 1.29 is 30.7 Å². The lowest BCUT2D eigenvalue weighted by Crippen LogP contribution is -2.52. The molecule has 6 aliphatic rings. The third-order valence-electron chi connectivity index (χ3n) is 11.0. The zero-order valence-corrected chi connectivity index (χ0v) is 40.6. The molecule has 50 heavy (non-hydrogen) atoms. The highest BCUT2D eigenvalue weighted by Gasteiger charge is 2.46. The molecule has 6 rings (SSSR count). The largest absolute Gasteiger partial charge is 0.440 e. The Hall–Kier alpha value is 0.826. The lowest BCUT2D eigenvalue weighted by molar-refractivity contribution is 0.345. The van der Waals surface area contributed by atoms with Crippen molar-refractivity contribution in [1.82, 2.24) is 0 Å².